The average Bonchev–Trinajstić information content (AvgIpc) is 2.29. The van der Waals surface area contributed by atoms with Crippen LogP contribution in [-0.2, 0) is 0 Å². The number of aliphatic imine (C=N–C) groups is 1. The maximum Gasteiger partial charge on any atom is 0.190 e. The van der Waals surface area contributed by atoms with Gasteiger partial charge in [-0.2, -0.15) is 0 Å². The number of hydrogen-bond donors (Lipinski definition) is 2. The standard InChI is InChI=1S/C12H26N4/c1-11-6-4-8-16(10-11)9-5-7-15-12(13-2)14-3/h11H,4-10H2,1-3H3,(H2,13,14,15). The van der Waals surface area contributed by atoms with Gasteiger partial charge < -0.3 is 15.5 Å². The van der Waals surface area contributed by atoms with Gasteiger partial charge in [0.2, 0.25) is 0 Å². The van der Waals surface area contributed by atoms with Gasteiger partial charge in [0.25, 0.3) is 0 Å². The molecular weight excluding hydrogens is 200 g/mol. The van der Waals surface area contributed by atoms with Crippen LogP contribution in [0, 0.1) is 5.92 Å². The second-order valence-electron chi connectivity index (χ2n) is 4.65. The molecule has 1 fully saturated rings. The summed E-state index contributed by atoms with van der Waals surface area (Å²) in [6.07, 6.45) is 3.96. The predicted molar refractivity (Wildman–Crippen MR) is 69.9 cm³/mol. The van der Waals surface area contributed by atoms with Crippen LogP contribution in [0.2, 0.25) is 0 Å². The Hall–Kier alpha value is -0.770. The number of piperidine rings is 1. The van der Waals surface area contributed by atoms with Crippen LogP contribution in [0.25, 0.3) is 0 Å². The molecule has 0 bridgehead atoms. The highest BCUT2D eigenvalue weighted by molar-refractivity contribution is 5.79. The van der Waals surface area contributed by atoms with E-state index in [0.29, 0.717) is 0 Å². The number of likely N-dealkylation sites (tertiary alicyclic amines) is 1. The lowest BCUT2D eigenvalue weighted by molar-refractivity contribution is 0.182. The SMILES string of the molecule is CN=C(NC)NCCCN1CCCC(C)C1. The topological polar surface area (TPSA) is 39.7 Å². The van der Waals surface area contributed by atoms with Crippen molar-refractivity contribution < 1.29 is 0 Å². The zero-order valence-electron chi connectivity index (χ0n) is 10.9. The smallest absolute Gasteiger partial charge is 0.190 e. The molecule has 4 heteroatoms. The molecule has 1 rings (SSSR count). The van der Waals surface area contributed by atoms with Crippen molar-refractivity contribution in [3.63, 3.8) is 0 Å². The first-order valence-corrected chi connectivity index (χ1v) is 6.37. The molecule has 0 saturated carbocycles. The Morgan fingerprint density at radius 3 is 2.94 bits per heavy atom. The van der Waals surface area contributed by atoms with Gasteiger partial charge in [0.15, 0.2) is 5.96 Å². The molecule has 2 N–H and O–H groups in total. The third kappa shape index (κ3) is 4.84. The summed E-state index contributed by atoms with van der Waals surface area (Å²) in [5, 5.41) is 6.30. The minimum absolute atomic E-state index is 0.881. The van der Waals surface area contributed by atoms with Crippen LogP contribution in [0.1, 0.15) is 26.2 Å². The van der Waals surface area contributed by atoms with Crippen LogP contribution < -0.4 is 10.6 Å². The third-order valence-electron chi connectivity index (χ3n) is 3.15. The van der Waals surface area contributed by atoms with Crippen molar-refractivity contribution >= 4 is 5.96 Å². The highest BCUT2D eigenvalue weighted by atomic mass is 15.2. The normalized spacial score (nSPS) is 23.2. The Morgan fingerprint density at radius 1 is 1.50 bits per heavy atom. The molecule has 0 aromatic heterocycles. The Labute approximate surface area is 99.5 Å². The maximum atomic E-state index is 4.08. The molecule has 1 heterocycles. The van der Waals surface area contributed by atoms with Crippen molar-refractivity contribution in [1.29, 1.82) is 0 Å². The van der Waals surface area contributed by atoms with Gasteiger partial charge in [0.1, 0.15) is 0 Å². The maximum absolute atomic E-state index is 4.08. The monoisotopic (exact) mass is 226 g/mol. The van der Waals surface area contributed by atoms with E-state index in [-0.39, 0.29) is 0 Å². The number of guanidine groups is 1. The van der Waals surface area contributed by atoms with E-state index in [2.05, 4.69) is 27.4 Å². The summed E-state index contributed by atoms with van der Waals surface area (Å²) in [6, 6.07) is 0. The van der Waals surface area contributed by atoms with E-state index in [1.165, 1.54) is 38.9 Å². The Balaban J connectivity index is 2.06. The molecule has 16 heavy (non-hydrogen) atoms. The van der Waals surface area contributed by atoms with E-state index in [1.54, 1.807) is 7.05 Å². The van der Waals surface area contributed by atoms with Crippen molar-refractivity contribution in [2.45, 2.75) is 26.2 Å². The van der Waals surface area contributed by atoms with Gasteiger partial charge in [-0.05, 0) is 38.3 Å². The molecule has 0 amide bonds. The van der Waals surface area contributed by atoms with Gasteiger partial charge >= 0.3 is 0 Å². The lowest BCUT2D eigenvalue weighted by atomic mass is 10.0. The second kappa shape index (κ2) is 7.49. The molecular formula is C12H26N4. The minimum Gasteiger partial charge on any atom is -0.359 e. The van der Waals surface area contributed by atoms with E-state index >= 15 is 0 Å². The van der Waals surface area contributed by atoms with E-state index in [1.807, 2.05) is 7.05 Å². The summed E-state index contributed by atoms with van der Waals surface area (Å²) in [7, 11) is 3.69. The van der Waals surface area contributed by atoms with E-state index in [4.69, 9.17) is 0 Å². The van der Waals surface area contributed by atoms with Crippen LogP contribution in [0.5, 0.6) is 0 Å². The van der Waals surface area contributed by atoms with Crippen molar-refractivity contribution in [3.8, 4) is 0 Å². The van der Waals surface area contributed by atoms with Gasteiger partial charge in [0.05, 0.1) is 0 Å². The largest absolute Gasteiger partial charge is 0.359 e. The van der Waals surface area contributed by atoms with Gasteiger partial charge in [-0.25, -0.2) is 0 Å². The molecule has 0 aromatic rings. The molecule has 0 spiro atoms. The predicted octanol–water partition coefficient (Wildman–Crippen LogP) is 0.903. The summed E-state index contributed by atoms with van der Waals surface area (Å²) in [4.78, 5) is 6.67. The Kier molecular flexibility index (Phi) is 6.23. The molecule has 0 aromatic carbocycles. The molecule has 1 saturated heterocycles. The summed E-state index contributed by atoms with van der Waals surface area (Å²) >= 11 is 0. The molecule has 4 nitrogen and oxygen atoms in total. The van der Waals surface area contributed by atoms with Gasteiger partial charge in [0, 0.05) is 27.2 Å². The molecule has 1 atom stereocenters. The molecule has 1 aliphatic heterocycles. The summed E-state index contributed by atoms with van der Waals surface area (Å²) in [5.41, 5.74) is 0. The first kappa shape index (κ1) is 13.3. The second-order valence-corrected chi connectivity index (χ2v) is 4.65. The van der Waals surface area contributed by atoms with Crippen LogP contribution in [-0.4, -0.2) is 51.1 Å². The summed E-state index contributed by atoms with van der Waals surface area (Å²) in [5.74, 6) is 1.76. The molecule has 1 unspecified atom stereocenters. The number of nitrogens with zero attached hydrogens (tertiary/aromatic N) is 2. The van der Waals surface area contributed by atoms with Crippen molar-refractivity contribution in [1.82, 2.24) is 15.5 Å². The molecule has 1 aliphatic rings. The lowest BCUT2D eigenvalue weighted by Crippen LogP contribution is -2.38. The summed E-state index contributed by atoms with van der Waals surface area (Å²) in [6.45, 7) is 7.12. The molecule has 0 aliphatic carbocycles. The van der Waals surface area contributed by atoms with Crippen LogP contribution in [0.3, 0.4) is 0 Å². The van der Waals surface area contributed by atoms with Gasteiger partial charge in [-0.3, -0.25) is 4.99 Å². The fourth-order valence-electron chi connectivity index (χ4n) is 2.28. The van der Waals surface area contributed by atoms with Crippen LogP contribution in [0.4, 0.5) is 0 Å². The highest BCUT2D eigenvalue weighted by Gasteiger charge is 2.15. The number of hydrogen-bond acceptors (Lipinski definition) is 2. The number of rotatable bonds is 4. The van der Waals surface area contributed by atoms with Crippen LogP contribution >= 0.6 is 0 Å². The fraction of sp³-hybridized carbons (Fsp3) is 0.917. The quantitative estimate of drug-likeness (QED) is 0.425. The first-order valence-electron chi connectivity index (χ1n) is 6.37. The summed E-state index contributed by atoms with van der Waals surface area (Å²) < 4.78 is 0. The Bertz CT molecular complexity index is 215. The zero-order valence-corrected chi connectivity index (χ0v) is 10.9. The Morgan fingerprint density at radius 2 is 2.31 bits per heavy atom. The van der Waals surface area contributed by atoms with Crippen LogP contribution in [0.15, 0.2) is 4.99 Å². The van der Waals surface area contributed by atoms with Crippen molar-refractivity contribution in [3.05, 3.63) is 0 Å². The van der Waals surface area contributed by atoms with Gasteiger partial charge in [-0.15, -0.1) is 0 Å². The minimum atomic E-state index is 0.881. The van der Waals surface area contributed by atoms with Crippen molar-refractivity contribution in [2.24, 2.45) is 10.9 Å². The highest BCUT2D eigenvalue weighted by Crippen LogP contribution is 2.14. The van der Waals surface area contributed by atoms with E-state index in [0.717, 1.165) is 18.4 Å². The number of nitrogens with one attached hydrogen (secondary N) is 2. The van der Waals surface area contributed by atoms with E-state index in [9.17, 15) is 0 Å². The lowest BCUT2D eigenvalue weighted by Gasteiger charge is -2.30. The van der Waals surface area contributed by atoms with Crippen molar-refractivity contribution in [2.75, 3.05) is 40.3 Å². The fourth-order valence-corrected chi connectivity index (χ4v) is 2.28. The first-order chi connectivity index (χ1) is 7.76. The zero-order chi connectivity index (χ0) is 11.8. The average molecular weight is 226 g/mol. The third-order valence-corrected chi connectivity index (χ3v) is 3.15. The van der Waals surface area contributed by atoms with E-state index < -0.39 is 0 Å². The molecule has 0 radical (unpaired) electrons. The molecule has 94 valence electrons. The van der Waals surface area contributed by atoms with Gasteiger partial charge in [-0.1, -0.05) is 6.92 Å².